The predicted molar refractivity (Wildman–Crippen MR) is 70.6 cm³/mol. The van der Waals surface area contributed by atoms with Crippen molar-refractivity contribution < 1.29 is 8.78 Å². The van der Waals surface area contributed by atoms with E-state index in [0.29, 0.717) is 24.7 Å². The predicted octanol–water partition coefficient (Wildman–Crippen LogP) is 3.11. The Kier molecular flexibility index (Phi) is 3.54. The highest BCUT2D eigenvalue weighted by Gasteiger charge is 2.36. The molecule has 1 unspecified atom stereocenters. The summed E-state index contributed by atoms with van der Waals surface area (Å²) in [7, 11) is 0. The third-order valence-electron chi connectivity index (χ3n) is 4.53. The van der Waals surface area contributed by atoms with E-state index in [1.54, 1.807) is 0 Å². The Bertz CT molecular complexity index is 469. The van der Waals surface area contributed by atoms with Crippen LogP contribution in [0.3, 0.4) is 0 Å². The van der Waals surface area contributed by atoms with Gasteiger partial charge in [0.1, 0.15) is 11.6 Å². The molecular weight excluding hydrogens is 246 g/mol. The van der Waals surface area contributed by atoms with Gasteiger partial charge in [-0.05, 0) is 24.5 Å². The van der Waals surface area contributed by atoms with E-state index in [1.165, 1.54) is 25.3 Å². The molecule has 0 radical (unpaired) electrons. The Morgan fingerprint density at radius 1 is 1.16 bits per heavy atom. The Morgan fingerprint density at radius 2 is 1.89 bits per heavy atom. The van der Waals surface area contributed by atoms with Crippen LogP contribution in [0.1, 0.15) is 49.3 Å². The average Bonchev–Trinajstić information content (AvgIpc) is 2.78. The summed E-state index contributed by atoms with van der Waals surface area (Å²) >= 11 is 0. The molecule has 1 saturated carbocycles. The van der Waals surface area contributed by atoms with Crippen molar-refractivity contribution in [3.8, 4) is 0 Å². The third-order valence-corrected chi connectivity index (χ3v) is 4.53. The first kappa shape index (κ1) is 13.0. The molecule has 1 aliphatic heterocycles. The van der Waals surface area contributed by atoms with E-state index in [1.807, 2.05) is 0 Å². The van der Waals surface area contributed by atoms with Crippen LogP contribution in [0.25, 0.3) is 0 Å². The molecule has 0 amide bonds. The van der Waals surface area contributed by atoms with Crippen molar-refractivity contribution in [1.29, 1.82) is 0 Å². The summed E-state index contributed by atoms with van der Waals surface area (Å²) in [4.78, 5) is 2.28. The first-order chi connectivity index (χ1) is 9.20. The molecule has 2 aliphatic rings. The lowest BCUT2D eigenvalue weighted by Gasteiger charge is -2.35. The lowest BCUT2D eigenvalue weighted by Crippen LogP contribution is -2.38. The van der Waals surface area contributed by atoms with Crippen LogP contribution in [-0.4, -0.2) is 17.5 Å². The van der Waals surface area contributed by atoms with Gasteiger partial charge in [0.15, 0.2) is 0 Å². The minimum atomic E-state index is -0.488. The lowest BCUT2D eigenvalue weighted by atomic mass is 9.93. The van der Waals surface area contributed by atoms with Crippen LogP contribution in [0.15, 0.2) is 12.1 Å². The Labute approximate surface area is 112 Å². The normalized spacial score (nSPS) is 24.7. The molecule has 3 rings (SSSR count). The molecule has 0 spiro atoms. The topological polar surface area (TPSA) is 29.3 Å². The van der Waals surface area contributed by atoms with E-state index < -0.39 is 11.6 Å². The van der Waals surface area contributed by atoms with Gasteiger partial charge in [0.05, 0.1) is 6.04 Å². The maximum Gasteiger partial charge on any atom is 0.131 e. The SMILES string of the molecule is NCC1c2c(F)cc(F)cc2CN1C1CCCCC1. The maximum atomic E-state index is 14.0. The number of halogens is 2. The molecular formula is C15H20F2N2. The van der Waals surface area contributed by atoms with Gasteiger partial charge >= 0.3 is 0 Å². The minimum Gasteiger partial charge on any atom is -0.329 e. The first-order valence-corrected chi connectivity index (χ1v) is 7.14. The Balaban J connectivity index is 1.91. The van der Waals surface area contributed by atoms with Crippen LogP contribution in [0.2, 0.25) is 0 Å². The van der Waals surface area contributed by atoms with E-state index >= 15 is 0 Å². The Hall–Kier alpha value is -1.00. The minimum absolute atomic E-state index is 0.0845. The standard InChI is InChI=1S/C15H20F2N2/c16-11-6-10-9-19(12-4-2-1-3-5-12)14(8-18)15(10)13(17)7-11/h6-7,12,14H,1-5,8-9,18H2. The largest absolute Gasteiger partial charge is 0.329 e. The van der Waals surface area contributed by atoms with Gasteiger partial charge in [-0.2, -0.15) is 0 Å². The summed E-state index contributed by atoms with van der Waals surface area (Å²) < 4.78 is 27.3. The van der Waals surface area contributed by atoms with Crippen molar-refractivity contribution in [3.63, 3.8) is 0 Å². The van der Waals surface area contributed by atoms with E-state index in [9.17, 15) is 8.78 Å². The van der Waals surface area contributed by atoms with Crippen LogP contribution in [-0.2, 0) is 6.54 Å². The fraction of sp³-hybridized carbons (Fsp3) is 0.600. The molecule has 1 aliphatic carbocycles. The highest BCUT2D eigenvalue weighted by Crippen LogP contribution is 2.39. The van der Waals surface area contributed by atoms with Gasteiger partial charge in [-0.15, -0.1) is 0 Å². The van der Waals surface area contributed by atoms with Crippen LogP contribution in [0.4, 0.5) is 8.78 Å². The summed E-state index contributed by atoms with van der Waals surface area (Å²) in [6.45, 7) is 1.03. The molecule has 0 aromatic heterocycles. The fourth-order valence-electron chi connectivity index (χ4n) is 3.66. The second kappa shape index (κ2) is 5.17. The number of rotatable bonds is 2. The van der Waals surface area contributed by atoms with Gasteiger partial charge in [0.25, 0.3) is 0 Å². The van der Waals surface area contributed by atoms with Crippen molar-refractivity contribution in [2.45, 2.75) is 50.7 Å². The molecule has 1 aromatic carbocycles. The number of benzene rings is 1. The van der Waals surface area contributed by atoms with Gasteiger partial charge in [0, 0.05) is 30.8 Å². The zero-order chi connectivity index (χ0) is 13.4. The number of hydrogen-bond donors (Lipinski definition) is 1. The second-order valence-corrected chi connectivity index (χ2v) is 5.68. The van der Waals surface area contributed by atoms with Crippen molar-refractivity contribution in [3.05, 3.63) is 34.9 Å². The van der Waals surface area contributed by atoms with Crippen LogP contribution in [0, 0.1) is 11.6 Å². The molecule has 104 valence electrons. The van der Waals surface area contributed by atoms with Crippen molar-refractivity contribution >= 4 is 0 Å². The number of hydrogen-bond acceptors (Lipinski definition) is 2. The van der Waals surface area contributed by atoms with Gasteiger partial charge in [-0.25, -0.2) is 8.78 Å². The summed E-state index contributed by atoms with van der Waals surface area (Å²) in [6.07, 6.45) is 6.04. The summed E-state index contributed by atoms with van der Waals surface area (Å²) in [5.74, 6) is -0.929. The number of nitrogens with zero attached hydrogens (tertiary/aromatic N) is 1. The zero-order valence-electron chi connectivity index (χ0n) is 11.0. The van der Waals surface area contributed by atoms with Gasteiger partial charge in [-0.3, -0.25) is 4.90 Å². The maximum absolute atomic E-state index is 14.0. The molecule has 1 fully saturated rings. The van der Waals surface area contributed by atoms with Crippen molar-refractivity contribution in [1.82, 2.24) is 4.90 Å². The Morgan fingerprint density at radius 3 is 2.58 bits per heavy atom. The number of nitrogens with two attached hydrogens (primary N) is 1. The molecule has 0 saturated heterocycles. The van der Waals surface area contributed by atoms with E-state index in [-0.39, 0.29) is 6.04 Å². The summed E-state index contributed by atoms with van der Waals surface area (Å²) in [5, 5.41) is 0. The molecule has 1 aromatic rings. The van der Waals surface area contributed by atoms with Gasteiger partial charge in [0.2, 0.25) is 0 Å². The molecule has 2 N–H and O–H groups in total. The van der Waals surface area contributed by atoms with E-state index in [0.717, 1.165) is 24.5 Å². The highest BCUT2D eigenvalue weighted by atomic mass is 19.1. The van der Waals surface area contributed by atoms with Gasteiger partial charge in [-0.1, -0.05) is 19.3 Å². The molecule has 0 bridgehead atoms. The highest BCUT2D eigenvalue weighted by molar-refractivity contribution is 5.36. The average molecular weight is 266 g/mol. The van der Waals surface area contributed by atoms with Crippen molar-refractivity contribution in [2.75, 3.05) is 6.54 Å². The number of fused-ring (bicyclic) bond motifs is 1. The molecule has 2 nitrogen and oxygen atoms in total. The zero-order valence-corrected chi connectivity index (χ0v) is 11.0. The van der Waals surface area contributed by atoms with Gasteiger partial charge < -0.3 is 5.73 Å². The second-order valence-electron chi connectivity index (χ2n) is 5.68. The third kappa shape index (κ3) is 2.28. The van der Waals surface area contributed by atoms with E-state index in [4.69, 9.17) is 5.73 Å². The van der Waals surface area contributed by atoms with Crippen LogP contribution >= 0.6 is 0 Å². The lowest BCUT2D eigenvalue weighted by molar-refractivity contribution is 0.116. The van der Waals surface area contributed by atoms with Crippen LogP contribution < -0.4 is 5.73 Å². The molecule has 19 heavy (non-hydrogen) atoms. The molecule has 4 heteroatoms. The van der Waals surface area contributed by atoms with Crippen LogP contribution in [0.5, 0.6) is 0 Å². The smallest absolute Gasteiger partial charge is 0.131 e. The van der Waals surface area contributed by atoms with Crippen molar-refractivity contribution in [2.24, 2.45) is 5.73 Å². The summed E-state index contributed by atoms with van der Waals surface area (Å²) in [5.41, 5.74) is 7.25. The first-order valence-electron chi connectivity index (χ1n) is 7.14. The monoisotopic (exact) mass is 266 g/mol. The quantitative estimate of drug-likeness (QED) is 0.891. The fourth-order valence-corrected chi connectivity index (χ4v) is 3.66. The molecule has 1 heterocycles. The van der Waals surface area contributed by atoms with E-state index in [2.05, 4.69) is 4.90 Å². The molecule has 1 atom stereocenters. The summed E-state index contributed by atoms with van der Waals surface area (Å²) in [6, 6.07) is 2.83.